The van der Waals surface area contributed by atoms with Crippen molar-refractivity contribution in [2.45, 2.75) is 51.5 Å². The van der Waals surface area contributed by atoms with Crippen molar-refractivity contribution in [3.63, 3.8) is 0 Å². The Morgan fingerprint density at radius 3 is 2.50 bits per heavy atom. The molecule has 18 heavy (non-hydrogen) atoms. The van der Waals surface area contributed by atoms with Crippen LogP contribution < -0.4 is 0 Å². The maximum atomic E-state index is 12.7. The van der Waals surface area contributed by atoms with E-state index in [0.29, 0.717) is 17.9 Å². The van der Waals surface area contributed by atoms with Crippen LogP contribution in [0.25, 0.3) is 0 Å². The molecule has 1 amide bonds. The second kappa shape index (κ2) is 5.20. The maximum absolute atomic E-state index is 12.7. The van der Waals surface area contributed by atoms with Gasteiger partial charge < -0.3 is 9.64 Å². The zero-order valence-electron chi connectivity index (χ0n) is 11.4. The van der Waals surface area contributed by atoms with Crippen LogP contribution in [-0.2, 0) is 9.53 Å². The molecule has 3 rings (SSSR count). The van der Waals surface area contributed by atoms with E-state index in [0.717, 1.165) is 44.4 Å². The predicted octanol–water partition coefficient (Wildman–Crippen LogP) is 2.45. The molecule has 2 saturated carbocycles. The lowest BCUT2D eigenvalue weighted by atomic mass is 9.82. The number of rotatable bonds is 2. The van der Waals surface area contributed by atoms with Gasteiger partial charge in [0.1, 0.15) is 0 Å². The minimum atomic E-state index is 0.306. The topological polar surface area (TPSA) is 29.5 Å². The molecular weight excluding hydrogens is 226 g/mol. The number of carbonyl (C=O) groups excluding carboxylic acids is 1. The Balaban J connectivity index is 1.62. The van der Waals surface area contributed by atoms with Crippen LogP contribution in [-0.4, -0.2) is 36.6 Å². The van der Waals surface area contributed by atoms with Crippen molar-refractivity contribution >= 4 is 5.91 Å². The predicted molar refractivity (Wildman–Crippen MR) is 70.2 cm³/mol. The van der Waals surface area contributed by atoms with Crippen LogP contribution in [0.2, 0.25) is 0 Å². The van der Waals surface area contributed by atoms with Gasteiger partial charge in [0.05, 0.1) is 19.3 Å². The fraction of sp³-hybridized carbons (Fsp3) is 0.933. The Hall–Kier alpha value is -0.570. The van der Waals surface area contributed by atoms with E-state index in [1.165, 1.54) is 25.7 Å². The second-order valence-electron chi connectivity index (χ2n) is 6.47. The summed E-state index contributed by atoms with van der Waals surface area (Å²) in [6, 6.07) is 0.394. The molecule has 3 fully saturated rings. The van der Waals surface area contributed by atoms with Crippen LogP contribution in [0.3, 0.4) is 0 Å². The molecule has 3 heteroatoms. The minimum absolute atomic E-state index is 0.306. The lowest BCUT2D eigenvalue weighted by Crippen LogP contribution is -2.52. The molecule has 1 heterocycles. The Labute approximate surface area is 110 Å². The fourth-order valence-corrected chi connectivity index (χ4v) is 3.51. The van der Waals surface area contributed by atoms with E-state index < -0.39 is 0 Å². The summed E-state index contributed by atoms with van der Waals surface area (Å²) in [5.41, 5.74) is 0. The zero-order chi connectivity index (χ0) is 12.5. The van der Waals surface area contributed by atoms with E-state index >= 15 is 0 Å². The highest BCUT2D eigenvalue weighted by Crippen LogP contribution is 2.38. The van der Waals surface area contributed by atoms with Crippen LogP contribution in [0, 0.1) is 17.8 Å². The normalized spacial score (nSPS) is 37.6. The molecular formula is C15H25NO2. The van der Waals surface area contributed by atoms with Crippen molar-refractivity contribution in [2.24, 2.45) is 17.8 Å². The third kappa shape index (κ3) is 2.56. The summed E-state index contributed by atoms with van der Waals surface area (Å²) in [6.45, 7) is 4.64. The van der Waals surface area contributed by atoms with Gasteiger partial charge in [-0.2, -0.15) is 0 Å². The average molecular weight is 251 g/mol. The van der Waals surface area contributed by atoms with Gasteiger partial charge in [-0.05, 0) is 50.4 Å². The van der Waals surface area contributed by atoms with Crippen molar-refractivity contribution in [1.29, 1.82) is 0 Å². The molecule has 0 unspecified atom stereocenters. The van der Waals surface area contributed by atoms with Crippen LogP contribution >= 0.6 is 0 Å². The summed E-state index contributed by atoms with van der Waals surface area (Å²) in [7, 11) is 0. The summed E-state index contributed by atoms with van der Waals surface area (Å²) < 4.78 is 5.57. The maximum Gasteiger partial charge on any atom is 0.226 e. The zero-order valence-corrected chi connectivity index (χ0v) is 11.4. The van der Waals surface area contributed by atoms with Crippen molar-refractivity contribution < 1.29 is 9.53 Å². The summed E-state index contributed by atoms with van der Waals surface area (Å²) >= 11 is 0. The third-order valence-electron chi connectivity index (χ3n) is 4.98. The van der Waals surface area contributed by atoms with E-state index in [2.05, 4.69) is 11.8 Å². The summed E-state index contributed by atoms with van der Waals surface area (Å²) in [4.78, 5) is 14.8. The van der Waals surface area contributed by atoms with Gasteiger partial charge in [-0.25, -0.2) is 0 Å². The molecule has 1 aliphatic heterocycles. The molecule has 102 valence electrons. The molecule has 0 aromatic rings. The molecule has 0 aromatic heterocycles. The van der Waals surface area contributed by atoms with Gasteiger partial charge in [-0.3, -0.25) is 4.79 Å². The van der Waals surface area contributed by atoms with Crippen LogP contribution in [0.5, 0.6) is 0 Å². The van der Waals surface area contributed by atoms with E-state index in [4.69, 9.17) is 4.74 Å². The number of ether oxygens (including phenoxy) is 1. The number of hydrogen-bond donors (Lipinski definition) is 0. The number of nitrogens with zero attached hydrogens (tertiary/aromatic N) is 1. The molecule has 0 radical (unpaired) electrons. The first-order valence-corrected chi connectivity index (χ1v) is 7.64. The van der Waals surface area contributed by atoms with Gasteiger partial charge in [0, 0.05) is 12.5 Å². The number of morpholine rings is 1. The molecule has 0 aromatic carbocycles. The lowest BCUT2D eigenvalue weighted by molar-refractivity contribution is -0.146. The van der Waals surface area contributed by atoms with Gasteiger partial charge in [0.15, 0.2) is 0 Å². The smallest absolute Gasteiger partial charge is 0.226 e. The summed E-state index contributed by atoms with van der Waals surface area (Å²) in [5, 5.41) is 0. The fourth-order valence-electron chi connectivity index (χ4n) is 3.51. The molecule has 1 saturated heterocycles. The SMILES string of the molecule is CC1CCC(C(=O)N2CCOC[C@@H]2C2CC2)CC1. The van der Waals surface area contributed by atoms with Crippen molar-refractivity contribution in [1.82, 2.24) is 4.90 Å². The summed E-state index contributed by atoms with van der Waals surface area (Å²) in [6.07, 6.45) is 7.26. The second-order valence-corrected chi connectivity index (χ2v) is 6.47. The number of carbonyl (C=O) groups is 1. The van der Waals surface area contributed by atoms with Gasteiger partial charge in [0.25, 0.3) is 0 Å². The highest BCUT2D eigenvalue weighted by Gasteiger charge is 2.41. The van der Waals surface area contributed by atoms with Gasteiger partial charge in [-0.1, -0.05) is 6.92 Å². The standard InChI is InChI=1S/C15H25NO2/c1-11-2-4-13(5-3-11)15(17)16-8-9-18-10-14(16)12-6-7-12/h11-14H,2-10H2,1H3/t11?,13?,14-/m1/s1. The van der Waals surface area contributed by atoms with E-state index in [9.17, 15) is 4.79 Å². The average Bonchev–Trinajstić information content (AvgIpc) is 3.23. The Morgan fingerprint density at radius 1 is 1.11 bits per heavy atom. The Morgan fingerprint density at radius 2 is 1.83 bits per heavy atom. The minimum Gasteiger partial charge on any atom is -0.377 e. The van der Waals surface area contributed by atoms with Crippen LogP contribution in [0.4, 0.5) is 0 Å². The third-order valence-corrected chi connectivity index (χ3v) is 4.98. The quantitative estimate of drug-likeness (QED) is 0.754. The highest BCUT2D eigenvalue weighted by molar-refractivity contribution is 5.79. The first-order valence-electron chi connectivity index (χ1n) is 7.64. The molecule has 1 atom stereocenters. The van der Waals surface area contributed by atoms with Gasteiger partial charge in [0.2, 0.25) is 5.91 Å². The number of hydrogen-bond acceptors (Lipinski definition) is 2. The van der Waals surface area contributed by atoms with E-state index in [-0.39, 0.29) is 0 Å². The van der Waals surface area contributed by atoms with Gasteiger partial charge in [-0.15, -0.1) is 0 Å². The lowest BCUT2D eigenvalue weighted by Gasteiger charge is -2.39. The Kier molecular flexibility index (Phi) is 3.60. The monoisotopic (exact) mass is 251 g/mol. The molecule has 0 spiro atoms. The van der Waals surface area contributed by atoms with Gasteiger partial charge >= 0.3 is 0 Å². The largest absolute Gasteiger partial charge is 0.377 e. The van der Waals surface area contributed by atoms with Crippen LogP contribution in [0.15, 0.2) is 0 Å². The molecule has 0 bridgehead atoms. The highest BCUT2D eigenvalue weighted by atomic mass is 16.5. The van der Waals surface area contributed by atoms with Crippen molar-refractivity contribution in [3.05, 3.63) is 0 Å². The molecule has 2 aliphatic carbocycles. The first-order chi connectivity index (χ1) is 8.75. The Bertz CT molecular complexity index is 306. The van der Waals surface area contributed by atoms with E-state index in [1.54, 1.807) is 0 Å². The summed E-state index contributed by atoms with van der Waals surface area (Å²) in [5.74, 6) is 2.29. The first kappa shape index (κ1) is 12.5. The van der Waals surface area contributed by atoms with Crippen molar-refractivity contribution in [2.75, 3.05) is 19.8 Å². The molecule has 3 aliphatic rings. The van der Waals surface area contributed by atoms with Crippen LogP contribution in [0.1, 0.15) is 45.4 Å². The molecule has 3 nitrogen and oxygen atoms in total. The number of amides is 1. The van der Waals surface area contributed by atoms with Crippen molar-refractivity contribution in [3.8, 4) is 0 Å². The molecule has 0 N–H and O–H groups in total. The van der Waals surface area contributed by atoms with E-state index in [1.807, 2.05) is 0 Å².